The zero-order valence-corrected chi connectivity index (χ0v) is 12.7. The van der Waals surface area contributed by atoms with Gasteiger partial charge in [0, 0.05) is 12.1 Å². The lowest BCUT2D eigenvalue weighted by Gasteiger charge is -2.16. The minimum atomic E-state index is 0.102. The number of hydrogen-bond donors (Lipinski definition) is 1. The third-order valence-electron chi connectivity index (χ3n) is 3.56. The Hall–Kier alpha value is -1.53. The maximum Gasteiger partial charge on any atom is 0.174 e. The van der Waals surface area contributed by atoms with Gasteiger partial charge in [-0.3, -0.25) is 0 Å². The van der Waals surface area contributed by atoms with Crippen LogP contribution in [0, 0.1) is 17.2 Å². The van der Waals surface area contributed by atoms with E-state index >= 15 is 0 Å². The first-order chi connectivity index (χ1) is 9.81. The SMILES string of the molecule is CCCCC(CC)CNCc1ccccc1OCC#N. The number of hydrogen-bond acceptors (Lipinski definition) is 3. The zero-order valence-electron chi connectivity index (χ0n) is 12.7. The first-order valence-corrected chi connectivity index (χ1v) is 7.60. The minimum Gasteiger partial charge on any atom is -0.478 e. The van der Waals surface area contributed by atoms with Crippen molar-refractivity contribution in [2.75, 3.05) is 13.2 Å². The number of nitrogens with one attached hydrogen (secondary N) is 1. The van der Waals surface area contributed by atoms with E-state index in [-0.39, 0.29) is 6.61 Å². The molecule has 0 aliphatic carbocycles. The maximum absolute atomic E-state index is 8.59. The molecule has 1 unspecified atom stereocenters. The molecular formula is C17H26N2O. The molecule has 0 aliphatic rings. The molecule has 3 heteroatoms. The number of unbranched alkanes of at least 4 members (excludes halogenated alkanes) is 1. The molecule has 1 aromatic rings. The van der Waals surface area contributed by atoms with Gasteiger partial charge in [-0.25, -0.2) is 0 Å². The Morgan fingerprint density at radius 3 is 2.80 bits per heavy atom. The monoisotopic (exact) mass is 274 g/mol. The highest BCUT2D eigenvalue weighted by atomic mass is 16.5. The summed E-state index contributed by atoms with van der Waals surface area (Å²) in [5.74, 6) is 1.56. The summed E-state index contributed by atoms with van der Waals surface area (Å²) in [6.45, 7) is 6.44. The minimum absolute atomic E-state index is 0.102. The van der Waals surface area contributed by atoms with Crippen LogP contribution in [0.4, 0.5) is 0 Å². The maximum atomic E-state index is 8.59. The molecule has 0 heterocycles. The quantitative estimate of drug-likeness (QED) is 0.704. The van der Waals surface area contributed by atoms with E-state index in [4.69, 9.17) is 10.00 Å². The first-order valence-electron chi connectivity index (χ1n) is 7.60. The largest absolute Gasteiger partial charge is 0.478 e. The lowest BCUT2D eigenvalue weighted by atomic mass is 9.99. The van der Waals surface area contributed by atoms with Gasteiger partial charge in [0.2, 0.25) is 0 Å². The second-order valence-electron chi connectivity index (χ2n) is 5.10. The van der Waals surface area contributed by atoms with Gasteiger partial charge in [-0.1, -0.05) is 51.3 Å². The van der Waals surface area contributed by atoms with Crippen molar-refractivity contribution in [2.45, 2.75) is 46.1 Å². The van der Waals surface area contributed by atoms with Gasteiger partial charge in [0.1, 0.15) is 11.8 Å². The molecule has 0 fully saturated rings. The van der Waals surface area contributed by atoms with Crippen LogP contribution < -0.4 is 10.1 Å². The van der Waals surface area contributed by atoms with Crippen molar-refractivity contribution in [3.05, 3.63) is 29.8 Å². The van der Waals surface area contributed by atoms with Crippen molar-refractivity contribution in [1.82, 2.24) is 5.32 Å². The molecule has 0 saturated heterocycles. The average Bonchev–Trinajstić information content (AvgIpc) is 2.49. The van der Waals surface area contributed by atoms with Gasteiger partial charge < -0.3 is 10.1 Å². The van der Waals surface area contributed by atoms with Gasteiger partial charge >= 0.3 is 0 Å². The molecule has 0 bridgehead atoms. The Morgan fingerprint density at radius 2 is 2.10 bits per heavy atom. The third-order valence-corrected chi connectivity index (χ3v) is 3.56. The van der Waals surface area contributed by atoms with Gasteiger partial charge in [0.15, 0.2) is 6.61 Å². The molecule has 0 aromatic heterocycles. The summed E-state index contributed by atoms with van der Waals surface area (Å²) in [5, 5.41) is 12.1. The Labute approximate surface area is 123 Å². The van der Waals surface area contributed by atoms with Crippen molar-refractivity contribution in [3.8, 4) is 11.8 Å². The Kier molecular flexibility index (Phi) is 8.49. The van der Waals surface area contributed by atoms with Crippen LogP contribution in [0.3, 0.4) is 0 Å². The number of ether oxygens (including phenoxy) is 1. The van der Waals surface area contributed by atoms with E-state index in [9.17, 15) is 0 Å². The standard InChI is InChI=1S/C17H26N2O/c1-3-5-8-15(4-2)13-19-14-16-9-6-7-10-17(16)20-12-11-18/h6-7,9-10,15,19H,3-5,8,12-14H2,1-2H3. The zero-order chi connectivity index (χ0) is 14.6. The fourth-order valence-corrected chi connectivity index (χ4v) is 2.25. The van der Waals surface area contributed by atoms with Gasteiger partial charge in [0.05, 0.1) is 0 Å². The van der Waals surface area contributed by atoms with Crippen LogP contribution in [0.15, 0.2) is 24.3 Å². The molecule has 0 amide bonds. The fourth-order valence-electron chi connectivity index (χ4n) is 2.25. The van der Waals surface area contributed by atoms with Crippen LogP contribution in [0.2, 0.25) is 0 Å². The highest BCUT2D eigenvalue weighted by Crippen LogP contribution is 2.18. The van der Waals surface area contributed by atoms with Crippen molar-refractivity contribution in [3.63, 3.8) is 0 Å². The molecule has 110 valence electrons. The van der Waals surface area contributed by atoms with Crippen LogP contribution in [0.1, 0.15) is 45.1 Å². The van der Waals surface area contributed by atoms with Gasteiger partial charge in [-0.05, 0) is 24.9 Å². The second-order valence-corrected chi connectivity index (χ2v) is 5.10. The average molecular weight is 274 g/mol. The summed E-state index contributed by atoms with van der Waals surface area (Å²) in [6, 6.07) is 9.92. The third kappa shape index (κ3) is 6.08. The summed E-state index contributed by atoms with van der Waals surface area (Å²) in [4.78, 5) is 0. The second kappa shape index (κ2) is 10.3. The number of rotatable bonds is 10. The van der Waals surface area contributed by atoms with E-state index in [0.717, 1.165) is 30.3 Å². The topological polar surface area (TPSA) is 45.0 Å². The summed E-state index contributed by atoms with van der Waals surface area (Å²) in [5.41, 5.74) is 1.12. The van der Waals surface area contributed by atoms with Crippen LogP contribution in [-0.4, -0.2) is 13.2 Å². The number of nitrogens with zero attached hydrogens (tertiary/aromatic N) is 1. The van der Waals surface area contributed by atoms with E-state index in [2.05, 4.69) is 19.2 Å². The van der Waals surface area contributed by atoms with Crippen molar-refractivity contribution < 1.29 is 4.74 Å². The van der Waals surface area contributed by atoms with E-state index in [0.29, 0.717) is 0 Å². The van der Waals surface area contributed by atoms with E-state index in [1.807, 2.05) is 30.3 Å². The van der Waals surface area contributed by atoms with Crippen LogP contribution in [-0.2, 0) is 6.54 Å². The molecule has 0 saturated carbocycles. The predicted molar refractivity (Wildman–Crippen MR) is 82.6 cm³/mol. The number of nitriles is 1. The normalized spacial score (nSPS) is 11.8. The van der Waals surface area contributed by atoms with Crippen LogP contribution >= 0.6 is 0 Å². The smallest absolute Gasteiger partial charge is 0.174 e. The predicted octanol–water partition coefficient (Wildman–Crippen LogP) is 3.89. The lowest BCUT2D eigenvalue weighted by Crippen LogP contribution is -2.22. The molecule has 1 rings (SSSR count). The molecule has 1 aromatic carbocycles. The molecule has 0 spiro atoms. The van der Waals surface area contributed by atoms with E-state index in [1.165, 1.54) is 25.7 Å². The summed E-state index contributed by atoms with van der Waals surface area (Å²) in [6.07, 6.45) is 5.09. The highest BCUT2D eigenvalue weighted by molar-refractivity contribution is 5.33. The summed E-state index contributed by atoms with van der Waals surface area (Å²) in [7, 11) is 0. The highest BCUT2D eigenvalue weighted by Gasteiger charge is 2.07. The molecule has 0 aliphatic heterocycles. The molecule has 0 radical (unpaired) electrons. The Balaban J connectivity index is 2.42. The van der Waals surface area contributed by atoms with Crippen molar-refractivity contribution in [1.29, 1.82) is 5.26 Å². The Bertz CT molecular complexity index is 412. The summed E-state index contributed by atoms with van der Waals surface area (Å²) < 4.78 is 5.43. The van der Waals surface area contributed by atoms with Crippen molar-refractivity contribution >= 4 is 0 Å². The molecule has 1 N–H and O–H groups in total. The lowest BCUT2D eigenvalue weighted by molar-refractivity contribution is 0.360. The van der Waals surface area contributed by atoms with Crippen LogP contribution in [0.5, 0.6) is 5.75 Å². The fraction of sp³-hybridized carbons (Fsp3) is 0.588. The van der Waals surface area contributed by atoms with Gasteiger partial charge in [-0.2, -0.15) is 5.26 Å². The molecular weight excluding hydrogens is 248 g/mol. The first kappa shape index (κ1) is 16.5. The summed E-state index contributed by atoms with van der Waals surface area (Å²) >= 11 is 0. The Morgan fingerprint density at radius 1 is 1.30 bits per heavy atom. The molecule has 3 nitrogen and oxygen atoms in total. The number of benzene rings is 1. The van der Waals surface area contributed by atoms with E-state index < -0.39 is 0 Å². The van der Waals surface area contributed by atoms with Crippen molar-refractivity contribution in [2.24, 2.45) is 5.92 Å². The van der Waals surface area contributed by atoms with Gasteiger partial charge in [0.25, 0.3) is 0 Å². The molecule has 20 heavy (non-hydrogen) atoms. The number of para-hydroxylation sites is 1. The van der Waals surface area contributed by atoms with Crippen LogP contribution in [0.25, 0.3) is 0 Å². The van der Waals surface area contributed by atoms with E-state index in [1.54, 1.807) is 0 Å². The molecule has 1 atom stereocenters. The van der Waals surface area contributed by atoms with Gasteiger partial charge in [-0.15, -0.1) is 0 Å².